The fourth-order valence-electron chi connectivity index (χ4n) is 2.55. The molecule has 0 saturated carbocycles. The van der Waals surface area contributed by atoms with Gasteiger partial charge in [-0.3, -0.25) is 4.98 Å². The van der Waals surface area contributed by atoms with Gasteiger partial charge in [0.05, 0.1) is 5.69 Å². The van der Waals surface area contributed by atoms with Crippen LogP contribution in [0.5, 0.6) is 0 Å². The maximum absolute atomic E-state index is 4.68. The van der Waals surface area contributed by atoms with Crippen LogP contribution in [0.2, 0.25) is 0 Å². The average Bonchev–Trinajstić information content (AvgIpc) is 2.69. The molecule has 0 bridgehead atoms. The Kier molecular flexibility index (Phi) is 6.14. The molecule has 0 amide bonds. The van der Waals surface area contributed by atoms with Crippen LogP contribution in [0.3, 0.4) is 0 Å². The molecule has 2 aromatic heterocycles. The van der Waals surface area contributed by atoms with Gasteiger partial charge >= 0.3 is 0 Å². The summed E-state index contributed by atoms with van der Waals surface area (Å²) in [5, 5.41) is 6.78. The molecule has 0 spiro atoms. The third-order valence-electron chi connectivity index (χ3n) is 4.20. The first kappa shape index (κ1) is 17.9. The fraction of sp³-hybridized carbons (Fsp3) is 0.286. The summed E-state index contributed by atoms with van der Waals surface area (Å²) in [5.41, 5.74) is 3.05. The van der Waals surface area contributed by atoms with Crippen molar-refractivity contribution in [2.75, 3.05) is 17.2 Å². The second kappa shape index (κ2) is 8.94. The molecule has 0 saturated heterocycles. The van der Waals surface area contributed by atoms with Gasteiger partial charge in [0.2, 0.25) is 5.95 Å². The van der Waals surface area contributed by atoms with Gasteiger partial charge in [0.15, 0.2) is 0 Å². The highest BCUT2D eigenvalue weighted by molar-refractivity contribution is 5.64. The predicted octanol–water partition coefficient (Wildman–Crippen LogP) is 4.40. The van der Waals surface area contributed by atoms with Gasteiger partial charge in [0.1, 0.15) is 5.82 Å². The van der Waals surface area contributed by atoms with E-state index in [4.69, 9.17) is 0 Å². The lowest BCUT2D eigenvalue weighted by Crippen LogP contribution is -2.17. The summed E-state index contributed by atoms with van der Waals surface area (Å²) in [5.74, 6) is 1.47. The second-order valence-electron chi connectivity index (χ2n) is 6.28. The van der Waals surface area contributed by atoms with Crippen LogP contribution in [0.25, 0.3) is 11.3 Å². The summed E-state index contributed by atoms with van der Waals surface area (Å²) >= 11 is 0. The van der Waals surface area contributed by atoms with Gasteiger partial charge in [-0.1, -0.05) is 43.3 Å². The first-order chi connectivity index (χ1) is 12.7. The summed E-state index contributed by atoms with van der Waals surface area (Å²) in [6.45, 7) is 5.04. The molecule has 3 rings (SSSR count). The maximum Gasteiger partial charge on any atom is 0.225 e. The van der Waals surface area contributed by atoms with E-state index in [1.807, 2.05) is 48.7 Å². The molecular formula is C21H25N5. The van der Waals surface area contributed by atoms with Crippen molar-refractivity contribution < 1.29 is 0 Å². The van der Waals surface area contributed by atoms with E-state index in [1.165, 1.54) is 0 Å². The minimum absolute atomic E-state index is 0.322. The summed E-state index contributed by atoms with van der Waals surface area (Å²) in [6.07, 6.45) is 3.68. The summed E-state index contributed by atoms with van der Waals surface area (Å²) in [4.78, 5) is 13.7. The quantitative estimate of drug-likeness (QED) is 0.632. The topological polar surface area (TPSA) is 62.7 Å². The summed E-state index contributed by atoms with van der Waals surface area (Å²) in [7, 11) is 0. The lowest BCUT2D eigenvalue weighted by atomic mass is 10.1. The SMILES string of the molecule is CC[C@@H](C)Nc1nc(NCCc2ccccn2)cc(-c2ccccc2)n1. The number of hydrogen-bond acceptors (Lipinski definition) is 5. The number of pyridine rings is 1. The first-order valence-electron chi connectivity index (χ1n) is 9.09. The first-order valence-corrected chi connectivity index (χ1v) is 9.09. The molecule has 1 aromatic carbocycles. The minimum Gasteiger partial charge on any atom is -0.369 e. The highest BCUT2D eigenvalue weighted by Gasteiger charge is 2.08. The number of hydrogen-bond donors (Lipinski definition) is 2. The molecule has 3 aromatic rings. The molecule has 0 aliphatic rings. The van der Waals surface area contributed by atoms with E-state index in [0.29, 0.717) is 12.0 Å². The van der Waals surface area contributed by atoms with E-state index in [2.05, 4.69) is 51.6 Å². The Bertz CT molecular complexity index is 805. The second-order valence-corrected chi connectivity index (χ2v) is 6.28. The molecule has 26 heavy (non-hydrogen) atoms. The van der Waals surface area contributed by atoms with E-state index in [9.17, 15) is 0 Å². The third-order valence-corrected chi connectivity index (χ3v) is 4.20. The highest BCUT2D eigenvalue weighted by atomic mass is 15.2. The maximum atomic E-state index is 4.68. The van der Waals surface area contributed by atoms with E-state index in [0.717, 1.165) is 42.2 Å². The zero-order valence-corrected chi connectivity index (χ0v) is 15.3. The van der Waals surface area contributed by atoms with Gasteiger partial charge in [0, 0.05) is 42.5 Å². The van der Waals surface area contributed by atoms with Crippen LogP contribution in [-0.4, -0.2) is 27.5 Å². The van der Waals surface area contributed by atoms with Crippen molar-refractivity contribution in [3.05, 3.63) is 66.5 Å². The molecule has 5 heteroatoms. The molecule has 0 aliphatic carbocycles. The largest absolute Gasteiger partial charge is 0.369 e. The van der Waals surface area contributed by atoms with Gasteiger partial charge in [-0.15, -0.1) is 0 Å². The van der Waals surface area contributed by atoms with Crippen LogP contribution in [0, 0.1) is 0 Å². The number of nitrogens with zero attached hydrogens (tertiary/aromatic N) is 3. The molecule has 2 N–H and O–H groups in total. The van der Waals surface area contributed by atoms with Gasteiger partial charge < -0.3 is 10.6 Å². The van der Waals surface area contributed by atoms with E-state index in [1.54, 1.807) is 0 Å². The van der Waals surface area contributed by atoms with Crippen molar-refractivity contribution in [2.45, 2.75) is 32.7 Å². The third kappa shape index (κ3) is 5.02. The normalized spacial score (nSPS) is 11.8. The molecule has 1 atom stereocenters. The zero-order valence-electron chi connectivity index (χ0n) is 15.3. The Hall–Kier alpha value is -2.95. The number of aromatic nitrogens is 3. The zero-order chi connectivity index (χ0) is 18.2. The predicted molar refractivity (Wildman–Crippen MR) is 107 cm³/mol. The van der Waals surface area contributed by atoms with E-state index >= 15 is 0 Å². The van der Waals surface area contributed by atoms with Crippen LogP contribution in [-0.2, 0) is 6.42 Å². The van der Waals surface area contributed by atoms with Crippen molar-refractivity contribution in [1.82, 2.24) is 15.0 Å². The van der Waals surface area contributed by atoms with Crippen LogP contribution >= 0.6 is 0 Å². The Morgan fingerprint density at radius 1 is 1.00 bits per heavy atom. The minimum atomic E-state index is 0.322. The van der Waals surface area contributed by atoms with Crippen molar-refractivity contribution in [2.24, 2.45) is 0 Å². The molecule has 134 valence electrons. The lowest BCUT2D eigenvalue weighted by molar-refractivity contribution is 0.753. The Balaban J connectivity index is 1.77. The monoisotopic (exact) mass is 347 g/mol. The molecular weight excluding hydrogens is 322 g/mol. The Morgan fingerprint density at radius 3 is 2.54 bits per heavy atom. The standard InChI is InChI=1S/C21H25N5/c1-3-16(2)24-21-25-19(17-9-5-4-6-10-17)15-20(26-21)23-14-12-18-11-7-8-13-22-18/h4-11,13,15-16H,3,12,14H2,1-2H3,(H2,23,24,25,26)/t16-/m1/s1. The number of anilines is 2. The highest BCUT2D eigenvalue weighted by Crippen LogP contribution is 2.21. The van der Waals surface area contributed by atoms with Crippen molar-refractivity contribution in [1.29, 1.82) is 0 Å². The van der Waals surface area contributed by atoms with Gasteiger partial charge in [-0.25, -0.2) is 4.98 Å². The molecule has 2 heterocycles. The van der Waals surface area contributed by atoms with Gasteiger partial charge in [-0.05, 0) is 25.5 Å². The molecule has 0 radical (unpaired) electrons. The van der Waals surface area contributed by atoms with Crippen molar-refractivity contribution in [3.8, 4) is 11.3 Å². The van der Waals surface area contributed by atoms with Crippen LogP contribution < -0.4 is 10.6 Å². The summed E-state index contributed by atoms with van der Waals surface area (Å²) < 4.78 is 0. The van der Waals surface area contributed by atoms with Crippen LogP contribution in [0.4, 0.5) is 11.8 Å². The molecule has 0 aliphatic heterocycles. The van der Waals surface area contributed by atoms with Crippen LogP contribution in [0.1, 0.15) is 26.0 Å². The van der Waals surface area contributed by atoms with E-state index in [-0.39, 0.29) is 0 Å². The molecule has 0 unspecified atom stereocenters. The lowest BCUT2D eigenvalue weighted by Gasteiger charge is -2.14. The Labute approximate surface area is 154 Å². The number of nitrogens with one attached hydrogen (secondary N) is 2. The molecule has 5 nitrogen and oxygen atoms in total. The smallest absolute Gasteiger partial charge is 0.225 e. The van der Waals surface area contributed by atoms with Gasteiger partial charge in [0.25, 0.3) is 0 Å². The average molecular weight is 347 g/mol. The number of rotatable bonds is 8. The van der Waals surface area contributed by atoms with Gasteiger partial charge in [-0.2, -0.15) is 4.98 Å². The van der Waals surface area contributed by atoms with Crippen LogP contribution in [0.15, 0.2) is 60.8 Å². The Morgan fingerprint density at radius 2 is 1.81 bits per heavy atom. The molecule has 0 fully saturated rings. The van der Waals surface area contributed by atoms with Crippen molar-refractivity contribution >= 4 is 11.8 Å². The van der Waals surface area contributed by atoms with Crippen molar-refractivity contribution in [3.63, 3.8) is 0 Å². The van der Waals surface area contributed by atoms with E-state index < -0.39 is 0 Å². The number of benzene rings is 1. The fourth-order valence-corrected chi connectivity index (χ4v) is 2.55. The summed E-state index contributed by atoms with van der Waals surface area (Å²) in [6, 6.07) is 18.5.